The monoisotopic (exact) mass is 465 g/mol. The number of amides is 1. The van der Waals surface area contributed by atoms with Crippen LogP contribution in [0.25, 0.3) is 0 Å². The lowest BCUT2D eigenvalue weighted by Gasteiger charge is -2.38. The Balaban J connectivity index is 2.22. The number of hydrogen-bond acceptors (Lipinski definition) is 5. The van der Waals surface area contributed by atoms with E-state index in [1.165, 1.54) is 4.90 Å². The van der Waals surface area contributed by atoms with Gasteiger partial charge in [-0.2, -0.15) is 0 Å². The summed E-state index contributed by atoms with van der Waals surface area (Å²) in [7, 11) is -2.15. The third kappa shape index (κ3) is 7.06. The summed E-state index contributed by atoms with van der Waals surface area (Å²) in [4.78, 5) is 37.3. The van der Waals surface area contributed by atoms with Gasteiger partial charge in [-0.3, -0.25) is 9.59 Å². The number of rotatable bonds is 9. The average Bonchev–Trinajstić information content (AvgIpc) is 3.08. The minimum absolute atomic E-state index is 0.0364. The summed E-state index contributed by atoms with van der Waals surface area (Å²) in [5.74, 6) is -2.92. The predicted octanol–water partition coefficient (Wildman–Crippen LogP) is 4.35. The van der Waals surface area contributed by atoms with Gasteiger partial charge in [-0.1, -0.05) is 51.1 Å². The van der Waals surface area contributed by atoms with Crippen LogP contribution in [0.1, 0.15) is 45.6 Å². The first-order valence-corrected chi connectivity index (χ1v) is 13.8. The van der Waals surface area contributed by atoms with Crippen LogP contribution < -0.4 is 0 Å². The quantitative estimate of drug-likeness (QED) is 0.521. The molecule has 1 aromatic rings. The van der Waals surface area contributed by atoms with E-state index in [1.807, 2.05) is 30.3 Å². The molecule has 9 heteroatoms. The number of ether oxygens (including phenoxy) is 1. The van der Waals surface area contributed by atoms with Crippen LogP contribution in [0.5, 0.6) is 0 Å². The Morgan fingerprint density at radius 1 is 1.09 bits per heavy atom. The summed E-state index contributed by atoms with van der Waals surface area (Å²) >= 11 is 0. The molecule has 0 saturated carbocycles. The number of carboxylic acids is 2. The molecule has 2 rings (SSSR count). The lowest BCUT2D eigenvalue weighted by Crippen LogP contribution is -2.45. The number of carbonyl (C=O) groups excluding carboxylic acids is 1. The Morgan fingerprint density at radius 3 is 2.16 bits per heavy atom. The Bertz CT molecular complexity index is 790. The molecule has 2 N–H and O–H groups in total. The molecule has 178 valence electrons. The summed E-state index contributed by atoms with van der Waals surface area (Å²) in [6.45, 7) is 10.9. The van der Waals surface area contributed by atoms with Crippen molar-refractivity contribution in [3.05, 3.63) is 35.9 Å². The fourth-order valence-electron chi connectivity index (χ4n) is 3.76. The van der Waals surface area contributed by atoms with E-state index in [0.29, 0.717) is 6.42 Å². The fraction of sp³-hybridized carbons (Fsp3) is 0.609. The second kappa shape index (κ2) is 10.5. The third-order valence-electron chi connectivity index (χ3n) is 6.43. The first-order chi connectivity index (χ1) is 14.8. The fourth-order valence-corrected chi connectivity index (χ4v) is 5.11. The molecule has 32 heavy (non-hydrogen) atoms. The summed E-state index contributed by atoms with van der Waals surface area (Å²) in [6.07, 6.45) is -1.17. The highest BCUT2D eigenvalue weighted by Gasteiger charge is 2.46. The van der Waals surface area contributed by atoms with E-state index in [0.717, 1.165) is 5.56 Å². The van der Waals surface area contributed by atoms with Crippen LogP contribution >= 0.6 is 0 Å². The highest BCUT2D eigenvalue weighted by atomic mass is 28.4. The highest BCUT2D eigenvalue weighted by molar-refractivity contribution is 6.74. The molecule has 0 aromatic heterocycles. The lowest BCUT2D eigenvalue weighted by molar-refractivity contribution is -0.141. The zero-order valence-corrected chi connectivity index (χ0v) is 20.5. The van der Waals surface area contributed by atoms with Crippen LogP contribution in [0, 0.1) is 5.92 Å². The molecule has 1 fully saturated rings. The average molecular weight is 466 g/mol. The molecule has 0 bridgehead atoms. The normalized spacial score (nSPS) is 19.2. The number of carboxylic acid groups (broad SMARTS) is 2. The summed E-state index contributed by atoms with van der Waals surface area (Å²) in [5, 5.41) is 18.6. The SMILES string of the molecule is CC(C)(C)[Si](C)(C)O[C@@H]1C[C@@H](C(CC(=O)O)CC(=O)O)N(C(=O)OCc2ccccc2)C1. The van der Waals surface area contributed by atoms with Crippen LogP contribution in [-0.2, 0) is 25.4 Å². The molecule has 0 unspecified atom stereocenters. The van der Waals surface area contributed by atoms with Crippen molar-refractivity contribution in [2.24, 2.45) is 5.92 Å². The number of nitrogens with zero attached hydrogens (tertiary/aromatic N) is 1. The lowest BCUT2D eigenvalue weighted by atomic mass is 9.90. The van der Waals surface area contributed by atoms with Crippen molar-refractivity contribution in [3.8, 4) is 0 Å². The minimum atomic E-state index is -2.15. The Morgan fingerprint density at radius 2 is 1.66 bits per heavy atom. The molecule has 1 amide bonds. The van der Waals surface area contributed by atoms with Gasteiger partial charge in [0.25, 0.3) is 0 Å². The molecule has 8 nitrogen and oxygen atoms in total. The number of likely N-dealkylation sites (tertiary alicyclic amines) is 1. The van der Waals surface area contributed by atoms with E-state index in [2.05, 4.69) is 33.9 Å². The highest BCUT2D eigenvalue weighted by Crippen LogP contribution is 2.40. The Hall–Kier alpha value is -2.39. The second-order valence-electron chi connectivity index (χ2n) is 9.95. The van der Waals surface area contributed by atoms with Gasteiger partial charge < -0.3 is 24.3 Å². The molecule has 1 heterocycles. The van der Waals surface area contributed by atoms with Gasteiger partial charge in [0.2, 0.25) is 0 Å². The number of benzene rings is 1. The molecule has 0 radical (unpaired) electrons. The van der Waals surface area contributed by atoms with Crippen molar-refractivity contribution in [1.29, 1.82) is 0 Å². The molecule has 1 saturated heterocycles. The van der Waals surface area contributed by atoms with E-state index in [4.69, 9.17) is 9.16 Å². The molecular formula is C23H35NO7Si. The summed E-state index contributed by atoms with van der Waals surface area (Å²) in [5.41, 5.74) is 0.832. The molecule has 1 aliphatic rings. The van der Waals surface area contributed by atoms with Gasteiger partial charge in [0, 0.05) is 18.5 Å². The largest absolute Gasteiger partial charge is 0.481 e. The predicted molar refractivity (Wildman–Crippen MR) is 122 cm³/mol. The van der Waals surface area contributed by atoms with E-state index in [9.17, 15) is 24.6 Å². The van der Waals surface area contributed by atoms with E-state index >= 15 is 0 Å². The number of carbonyl (C=O) groups is 3. The Labute approximate surface area is 190 Å². The van der Waals surface area contributed by atoms with Crippen molar-refractivity contribution in [1.82, 2.24) is 4.90 Å². The number of aliphatic carboxylic acids is 2. The van der Waals surface area contributed by atoms with Crippen molar-refractivity contribution in [2.45, 2.75) is 76.9 Å². The van der Waals surface area contributed by atoms with Gasteiger partial charge in [-0.15, -0.1) is 0 Å². The van der Waals surface area contributed by atoms with E-state index in [-0.39, 0.29) is 37.1 Å². The molecule has 1 aromatic carbocycles. The first kappa shape index (κ1) is 25.9. The van der Waals surface area contributed by atoms with E-state index in [1.54, 1.807) is 0 Å². The maximum atomic E-state index is 13.0. The zero-order valence-electron chi connectivity index (χ0n) is 19.5. The van der Waals surface area contributed by atoms with Crippen molar-refractivity contribution in [3.63, 3.8) is 0 Å². The van der Waals surface area contributed by atoms with Crippen LogP contribution in [0.15, 0.2) is 30.3 Å². The third-order valence-corrected chi connectivity index (χ3v) is 11.0. The minimum Gasteiger partial charge on any atom is -0.481 e. The molecular weight excluding hydrogens is 430 g/mol. The number of hydrogen-bond donors (Lipinski definition) is 2. The zero-order chi connectivity index (χ0) is 24.1. The maximum Gasteiger partial charge on any atom is 0.410 e. The first-order valence-electron chi connectivity index (χ1n) is 10.9. The van der Waals surface area contributed by atoms with Gasteiger partial charge in [-0.05, 0) is 30.1 Å². The maximum absolute atomic E-state index is 13.0. The Kier molecular flexibility index (Phi) is 8.47. The molecule has 1 aliphatic heterocycles. The van der Waals surface area contributed by atoms with Gasteiger partial charge in [-0.25, -0.2) is 4.79 Å². The molecule has 0 spiro atoms. The van der Waals surface area contributed by atoms with Gasteiger partial charge in [0.15, 0.2) is 8.32 Å². The van der Waals surface area contributed by atoms with Crippen molar-refractivity contribution < 1.29 is 33.8 Å². The smallest absolute Gasteiger partial charge is 0.410 e. The topological polar surface area (TPSA) is 113 Å². The summed E-state index contributed by atoms with van der Waals surface area (Å²) < 4.78 is 12.0. The van der Waals surface area contributed by atoms with Gasteiger partial charge in [0.1, 0.15) is 6.61 Å². The standard InChI is InChI=1S/C23H35NO7Si/c1-23(2,3)32(4,5)31-18-13-19(17(11-20(25)26)12-21(27)28)24(14-18)22(29)30-15-16-9-7-6-8-10-16/h6-10,17-19H,11-15H2,1-5H3,(H,25,26)(H,27,28)/t18-,19+/m1/s1. The van der Waals surface area contributed by atoms with Crippen LogP contribution in [0.3, 0.4) is 0 Å². The summed E-state index contributed by atoms with van der Waals surface area (Å²) in [6, 6.07) is 8.67. The van der Waals surface area contributed by atoms with Crippen LogP contribution in [0.4, 0.5) is 4.79 Å². The van der Waals surface area contributed by atoms with E-state index < -0.39 is 38.3 Å². The molecule has 2 atom stereocenters. The van der Waals surface area contributed by atoms with Crippen LogP contribution in [0.2, 0.25) is 18.1 Å². The van der Waals surface area contributed by atoms with Gasteiger partial charge in [0.05, 0.1) is 18.9 Å². The second-order valence-corrected chi connectivity index (χ2v) is 14.7. The van der Waals surface area contributed by atoms with Crippen molar-refractivity contribution in [2.75, 3.05) is 6.54 Å². The van der Waals surface area contributed by atoms with Crippen LogP contribution in [-0.4, -0.2) is 60.2 Å². The molecule has 0 aliphatic carbocycles. The van der Waals surface area contributed by atoms with Crippen molar-refractivity contribution >= 4 is 26.3 Å². The van der Waals surface area contributed by atoms with Gasteiger partial charge >= 0.3 is 18.0 Å².